The van der Waals surface area contributed by atoms with E-state index in [9.17, 15) is 0 Å². The van der Waals surface area contributed by atoms with Gasteiger partial charge < -0.3 is 9.13 Å². The van der Waals surface area contributed by atoms with E-state index in [2.05, 4.69) is 397 Å². The van der Waals surface area contributed by atoms with Gasteiger partial charge in [-0.15, -0.1) is 0 Å². The quantitative estimate of drug-likeness (QED) is 0.152. The summed E-state index contributed by atoms with van der Waals surface area (Å²) in [5.41, 5.74) is 19.2. The van der Waals surface area contributed by atoms with Crippen LogP contribution in [0.3, 0.4) is 0 Å². The average molecular weight is 1400 g/mol. The van der Waals surface area contributed by atoms with Crippen molar-refractivity contribution in [3.05, 3.63) is 388 Å². The first-order chi connectivity index (χ1) is 54.5. The van der Waals surface area contributed by atoms with Crippen molar-refractivity contribution >= 4 is 141 Å². The van der Waals surface area contributed by atoms with Gasteiger partial charge in [-0.25, -0.2) is 19.9 Å². The Balaban J connectivity index is 0.000000136. The monoisotopic (exact) mass is 1400 g/mol. The van der Waals surface area contributed by atoms with Crippen molar-refractivity contribution in [1.82, 2.24) is 29.1 Å². The zero-order chi connectivity index (χ0) is 72.3. The van der Waals surface area contributed by atoms with E-state index in [4.69, 9.17) is 19.9 Å². The minimum atomic E-state index is 0.697. The Hall–Kier alpha value is -14.7. The fraction of sp³-hybridized carbons (Fsp3) is 0. The number of rotatable bonds is 8. The lowest BCUT2D eigenvalue weighted by Crippen LogP contribution is -1.99. The molecule has 0 N–H and O–H groups in total. The van der Waals surface area contributed by atoms with Crippen molar-refractivity contribution < 1.29 is 0 Å². The zero-order valence-electron chi connectivity index (χ0n) is 59.6. The number of para-hydroxylation sites is 2. The lowest BCUT2D eigenvalue weighted by molar-refractivity contribution is 1.19. The molecule has 6 heteroatoms. The summed E-state index contributed by atoms with van der Waals surface area (Å²) >= 11 is 0. The van der Waals surface area contributed by atoms with Crippen LogP contribution in [0.15, 0.2) is 388 Å². The first-order valence-corrected chi connectivity index (χ1v) is 37.5. The molecule has 0 atom stereocenters. The molecule has 0 aliphatic carbocycles. The minimum Gasteiger partial charge on any atom is -0.309 e. The van der Waals surface area contributed by atoms with Crippen LogP contribution in [0.2, 0.25) is 0 Å². The smallest absolute Gasteiger partial charge is 0.160 e. The van der Waals surface area contributed by atoms with Gasteiger partial charge in [-0.3, -0.25) is 0 Å². The van der Waals surface area contributed by atoms with E-state index < -0.39 is 0 Å². The first kappa shape index (κ1) is 62.6. The van der Waals surface area contributed by atoms with Crippen molar-refractivity contribution in [2.45, 2.75) is 0 Å². The third kappa shape index (κ3) is 10.6. The molecule has 0 fully saturated rings. The molecule has 110 heavy (non-hydrogen) atoms. The Bertz CT molecular complexity index is 7740. The molecular weight excluding hydrogens is 1330 g/mol. The van der Waals surface area contributed by atoms with Crippen LogP contribution in [-0.2, 0) is 0 Å². The SMILES string of the molecule is c1ccc(-c2ccc3c(-c4ccc5ccccc5c4)nc(-c4cc(-n5c6ccccc6c6cc7ccccc7cc65)c5ccccc5c4)nc3c2)cc1.c1ccc2cc(-c3ccc4nc(-c5cc(-n6c7ccccc7c7cc8ccccc8cc76)c6ccccc6c5)nc(-c5ccc6ccccc6c5)c4c3)ccc2c1. The molecule has 19 aromatic carbocycles. The fourth-order valence-electron chi connectivity index (χ4n) is 17.0. The Morgan fingerprint density at radius 1 is 0.155 bits per heavy atom. The molecule has 0 saturated heterocycles. The first-order valence-electron chi connectivity index (χ1n) is 37.5. The van der Waals surface area contributed by atoms with Gasteiger partial charge in [0.15, 0.2) is 11.6 Å². The predicted molar refractivity (Wildman–Crippen MR) is 463 cm³/mol. The van der Waals surface area contributed by atoms with Crippen LogP contribution in [0.1, 0.15) is 0 Å². The molecule has 0 aliphatic heterocycles. The van der Waals surface area contributed by atoms with E-state index in [-0.39, 0.29) is 0 Å². The lowest BCUT2D eigenvalue weighted by atomic mass is 9.97. The van der Waals surface area contributed by atoms with Crippen molar-refractivity contribution in [2.24, 2.45) is 0 Å². The molecule has 4 aromatic heterocycles. The molecule has 23 rings (SSSR count). The van der Waals surface area contributed by atoms with E-state index in [0.29, 0.717) is 11.6 Å². The molecule has 0 unspecified atom stereocenters. The largest absolute Gasteiger partial charge is 0.309 e. The van der Waals surface area contributed by atoms with Gasteiger partial charge in [0.25, 0.3) is 0 Å². The van der Waals surface area contributed by atoms with E-state index in [1.165, 1.54) is 114 Å². The highest BCUT2D eigenvalue weighted by molar-refractivity contribution is 6.17. The molecule has 0 radical (unpaired) electrons. The summed E-state index contributed by atoms with van der Waals surface area (Å²) in [6.45, 7) is 0. The van der Waals surface area contributed by atoms with Gasteiger partial charge in [-0.05, 0) is 190 Å². The van der Waals surface area contributed by atoms with Crippen LogP contribution >= 0.6 is 0 Å². The maximum absolute atomic E-state index is 5.51. The molecule has 6 nitrogen and oxygen atoms in total. The predicted octanol–water partition coefficient (Wildman–Crippen LogP) is 27.5. The van der Waals surface area contributed by atoms with E-state index in [1.807, 2.05) is 0 Å². The van der Waals surface area contributed by atoms with Crippen molar-refractivity contribution in [3.63, 3.8) is 0 Å². The number of hydrogen-bond acceptors (Lipinski definition) is 4. The number of nitrogens with zero attached hydrogens (tertiary/aromatic N) is 6. The number of benzene rings is 19. The van der Waals surface area contributed by atoms with Crippen molar-refractivity contribution in [3.8, 4) is 78.9 Å². The van der Waals surface area contributed by atoms with E-state index in [1.54, 1.807) is 0 Å². The van der Waals surface area contributed by atoms with Crippen LogP contribution in [-0.4, -0.2) is 29.1 Å². The van der Waals surface area contributed by atoms with Crippen LogP contribution < -0.4 is 0 Å². The highest BCUT2D eigenvalue weighted by atomic mass is 15.0. The van der Waals surface area contributed by atoms with Gasteiger partial charge in [0.2, 0.25) is 0 Å². The Morgan fingerprint density at radius 2 is 0.500 bits per heavy atom. The average Bonchev–Trinajstić information content (AvgIpc) is 1.57. The molecule has 0 amide bonds. The van der Waals surface area contributed by atoms with Gasteiger partial charge in [0.05, 0.1) is 55.9 Å². The summed E-state index contributed by atoms with van der Waals surface area (Å²) in [6.07, 6.45) is 0. The summed E-state index contributed by atoms with van der Waals surface area (Å²) in [7, 11) is 0. The molecule has 0 aliphatic rings. The second-order valence-corrected chi connectivity index (χ2v) is 28.9. The fourth-order valence-corrected chi connectivity index (χ4v) is 17.0. The molecular formula is C104H64N6. The Morgan fingerprint density at radius 3 is 1.00 bits per heavy atom. The van der Waals surface area contributed by atoms with Crippen LogP contribution in [0.4, 0.5) is 0 Å². The molecule has 4 heterocycles. The summed E-state index contributed by atoms with van der Waals surface area (Å²) in [4.78, 5) is 21.6. The van der Waals surface area contributed by atoms with Gasteiger partial charge in [-0.2, -0.15) is 0 Å². The second-order valence-electron chi connectivity index (χ2n) is 28.9. The third-order valence-corrected chi connectivity index (χ3v) is 22.4. The van der Waals surface area contributed by atoms with E-state index in [0.717, 1.165) is 94.3 Å². The van der Waals surface area contributed by atoms with Crippen LogP contribution in [0, 0.1) is 0 Å². The number of hydrogen-bond donors (Lipinski definition) is 0. The topological polar surface area (TPSA) is 61.4 Å². The van der Waals surface area contributed by atoms with Crippen molar-refractivity contribution in [2.75, 3.05) is 0 Å². The number of aromatic nitrogens is 6. The minimum absolute atomic E-state index is 0.697. The zero-order valence-corrected chi connectivity index (χ0v) is 59.6. The lowest BCUT2D eigenvalue weighted by Gasteiger charge is -2.16. The van der Waals surface area contributed by atoms with Gasteiger partial charge >= 0.3 is 0 Å². The summed E-state index contributed by atoms with van der Waals surface area (Å²) in [5.74, 6) is 1.39. The maximum atomic E-state index is 5.51. The van der Waals surface area contributed by atoms with Crippen LogP contribution in [0.25, 0.3) is 220 Å². The molecule has 0 spiro atoms. The molecule has 0 bridgehead atoms. The van der Waals surface area contributed by atoms with Gasteiger partial charge in [-0.1, -0.05) is 285 Å². The Labute approximate surface area is 633 Å². The van der Waals surface area contributed by atoms with Crippen LogP contribution in [0.5, 0.6) is 0 Å². The van der Waals surface area contributed by atoms with Gasteiger partial charge in [0.1, 0.15) is 0 Å². The molecule has 23 aromatic rings. The molecule has 510 valence electrons. The summed E-state index contributed by atoms with van der Waals surface area (Å²) in [5, 5.41) is 23.8. The third-order valence-electron chi connectivity index (χ3n) is 22.4. The number of fused-ring (bicyclic) bond motifs is 15. The van der Waals surface area contributed by atoms with Crippen molar-refractivity contribution in [1.29, 1.82) is 0 Å². The summed E-state index contributed by atoms with van der Waals surface area (Å²) < 4.78 is 4.87. The maximum Gasteiger partial charge on any atom is 0.160 e. The Kier molecular flexibility index (Phi) is 14.5. The summed E-state index contributed by atoms with van der Waals surface area (Å²) in [6, 6.07) is 140. The standard InChI is InChI=1S/C54H33N3.C50H31N3/c1-3-13-36-27-40(23-21-34(36)11-1)41-25-26-49-48(31-41)53(43-24-22-35-12-2-4-14-37(35)28-43)56-54(55-49)44-29-42-17-7-8-18-45(42)51(33-44)57-50-20-10-9-19-46(50)47-30-38-15-5-6-16-39(38)32-52(47)57;1-2-12-32(13-3-1)37-24-25-43-45(29-37)51-50(52-49(43)39-23-22-33-14-4-5-15-34(33)26-39)40-27-38-18-8-9-19-41(38)47(31-40)53-46-21-11-10-20-42(46)44-28-35-16-6-7-17-36(35)30-48(44)53/h1-33H;1-31H. The highest BCUT2D eigenvalue weighted by Gasteiger charge is 2.23. The van der Waals surface area contributed by atoms with Gasteiger partial charge in [0, 0.05) is 65.3 Å². The van der Waals surface area contributed by atoms with E-state index >= 15 is 0 Å². The highest BCUT2D eigenvalue weighted by Crippen LogP contribution is 2.44. The molecule has 0 saturated carbocycles. The second kappa shape index (κ2) is 25.5. The normalized spacial score (nSPS) is 11.8.